The van der Waals surface area contributed by atoms with Crippen LogP contribution in [0.4, 0.5) is 5.82 Å². The summed E-state index contributed by atoms with van der Waals surface area (Å²) < 4.78 is 0. The Labute approximate surface area is 135 Å². The normalized spacial score (nSPS) is 16.0. The van der Waals surface area contributed by atoms with Gasteiger partial charge >= 0.3 is 0 Å². The van der Waals surface area contributed by atoms with Crippen LogP contribution in [-0.4, -0.2) is 22.8 Å². The van der Waals surface area contributed by atoms with Crippen LogP contribution in [0, 0.1) is 19.8 Å². The molecule has 2 heterocycles. The maximum atomic E-state index is 4.78. The molecule has 0 bridgehead atoms. The van der Waals surface area contributed by atoms with Gasteiger partial charge in [-0.1, -0.05) is 12.8 Å². The fourth-order valence-corrected chi connectivity index (χ4v) is 5.18. The van der Waals surface area contributed by atoms with Gasteiger partial charge in [-0.15, -0.1) is 11.3 Å². The summed E-state index contributed by atoms with van der Waals surface area (Å²) >= 11 is 3.78. The van der Waals surface area contributed by atoms with Gasteiger partial charge in [0, 0.05) is 11.9 Å². The van der Waals surface area contributed by atoms with E-state index in [4.69, 9.17) is 9.97 Å². The molecule has 1 saturated carbocycles. The highest BCUT2D eigenvalue weighted by Gasteiger charge is 2.16. The van der Waals surface area contributed by atoms with Crippen molar-refractivity contribution in [1.29, 1.82) is 0 Å². The predicted molar refractivity (Wildman–Crippen MR) is 94.6 cm³/mol. The van der Waals surface area contributed by atoms with Gasteiger partial charge in [-0.2, -0.15) is 11.8 Å². The minimum absolute atomic E-state index is 0.925. The van der Waals surface area contributed by atoms with Crippen LogP contribution in [0.5, 0.6) is 0 Å². The minimum Gasteiger partial charge on any atom is -0.372 e. The molecule has 21 heavy (non-hydrogen) atoms. The number of thiophene rings is 1. The van der Waals surface area contributed by atoms with Crippen LogP contribution in [-0.2, 0) is 5.75 Å². The van der Waals surface area contributed by atoms with Crippen molar-refractivity contribution < 1.29 is 0 Å². The van der Waals surface area contributed by atoms with E-state index in [1.54, 1.807) is 11.3 Å². The number of hydrogen-bond donors (Lipinski definition) is 1. The lowest BCUT2D eigenvalue weighted by molar-refractivity contribution is 0.623. The van der Waals surface area contributed by atoms with Crippen LogP contribution in [0.1, 0.15) is 41.9 Å². The Kier molecular flexibility index (Phi) is 4.69. The standard InChI is InChI=1S/C16H23N3S2/c1-10-11(2)21-16-14(10)15(17-3)18-13(19-16)9-20-8-12-6-4-5-7-12/h12H,4-9H2,1-3H3,(H,17,18,19). The van der Waals surface area contributed by atoms with E-state index < -0.39 is 0 Å². The number of aryl methyl sites for hydroxylation is 2. The molecule has 3 nitrogen and oxygen atoms in total. The van der Waals surface area contributed by atoms with Crippen LogP contribution in [0.2, 0.25) is 0 Å². The van der Waals surface area contributed by atoms with Crippen molar-refractivity contribution in [3.05, 3.63) is 16.3 Å². The Balaban J connectivity index is 1.76. The molecule has 0 amide bonds. The van der Waals surface area contributed by atoms with Crippen molar-refractivity contribution in [1.82, 2.24) is 9.97 Å². The van der Waals surface area contributed by atoms with Crippen LogP contribution in [0.25, 0.3) is 10.2 Å². The Morgan fingerprint density at radius 1 is 1.24 bits per heavy atom. The first-order valence-corrected chi connectivity index (χ1v) is 9.68. The second kappa shape index (κ2) is 6.53. The zero-order valence-corrected chi connectivity index (χ0v) is 14.7. The summed E-state index contributed by atoms with van der Waals surface area (Å²) in [6.45, 7) is 4.32. The van der Waals surface area contributed by atoms with Gasteiger partial charge in [-0.05, 0) is 43.9 Å². The van der Waals surface area contributed by atoms with Crippen molar-refractivity contribution in [2.24, 2.45) is 5.92 Å². The highest BCUT2D eigenvalue weighted by molar-refractivity contribution is 7.98. The lowest BCUT2D eigenvalue weighted by Crippen LogP contribution is -2.02. The van der Waals surface area contributed by atoms with Crippen LogP contribution in [0.15, 0.2) is 0 Å². The van der Waals surface area contributed by atoms with E-state index in [1.807, 2.05) is 18.8 Å². The maximum Gasteiger partial charge on any atom is 0.142 e. The zero-order chi connectivity index (χ0) is 14.8. The molecule has 1 aliphatic rings. The van der Waals surface area contributed by atoms with E-state index in [2.05, 4.69) is 19.2 Å². The van der Waals surface area contributed by atoms with Gasteiger partial charge in [0.25, 0.3) is 0 Å². The molecule has 2 aromatic rings. The van der Waals surface area contributed by atoms with Crippen LogP contribution in [0.3, 0.4) is 0 Å². The smallest absolute Gasteiger partial charge is 0.142 e. The molecular weight excluding hydrogens is 298 g/mol. The number of fused-ring (bicyclic) bond motifs is 1. The molecule has 0 aromatic carbocycles. The summed E-state index contributed by atoms with van der Waals surface area (Å²) in [4.78, 5) is 12.0. The summed E-state index contributed by atoms with van der Waals surface area (Å²) in [7, 11) is 1.95. The van der Waals surface area contributed by atoms with Crippen molar-refractivity contribution in [2.75, 3.05) is 18.1 Å². The first-order valence-electron chi connectivity index (χ1n) is 7.71. The first-order chi connectivity index (χ1) is 10.2. The van der Waals surface area contributed by atoms with E-state index in [-0.39, 0.29) is 0 Å². The average molecular weight is 322 g/mol. The molecule has 5 heteroatoms. The van der Waals surface area contributed by atoms with E-state index >= 15 is 0 Å². The number of thioether (sulfide) groups is 1. The summed E-state index contributed by atoms with van der Waals surface area (Å²) in [6, 6.07) is 0. The lowest BCUT2D eigenvalue weighted by atomic mass is 10.1. The average Bonchev–Trinajstić information content (AvgIpc) is 3.08. The van der Waals surface area contributed by atoms with E-state index in [0.717, 1.165) is 28.1 Å². The molecular formula is C16H23N3S2. The highest BCUT2D eigenvalue weighted by atomic mass is 32.2. The summed E-state index contributed by atoms with van der Waals surface area (Å²) in [5.74, 6) is 5.07. The molecule has 0 spiro atoms. The van der Waals surface area contributed by atoms with E-state index in [9.17, 15) is 0 Å². The monoisotopic (exact) mass is 321 g/mol. The van der Waals surface area contributed by atoms with Gasteiger partial charge in [0.1, 0.15) is 16.5 Å². The first kappa shape index (κ1) is 15.1. The predicted octanol–water partition coefficient (Wildman–Crippen LogP) is 4.77. The third-order valence-corrected chi connectivity index (χ3v) is 6.64. The van der Waals surface area contributed by atoms with Gasteiger partial charge in [-0.25, -0.2) is 9.97 Å². The Morgan fingerprint density at radius 2 is 2.00 bits per heavy atom. The highest BCUT2D eigenvalue weighted by Crippen LogP contribution is 2.34. The second-order valence-corrected chi connectivity index (χ2v) is 8.10. The molecule has 0 radical (unpaired) electrons. The number of anilines is 1. The van der Waals surface area contributed by atoms with Crippen molar-refractivity contribution in [2.45, 2.75) is 45.3 Å². The van der Waals surface area contributed by atoms with Crippen molar-refractivity contribution in [3.63, 3.8) is 0 Å². The molecule has 1 N–H and O–H groups in total. The lowest BCUT2D eigenvalue weighted by Gasteiger charge is -2.09. The second-order valence-electron chi connectivity index (χ2n) is 5.87. The Hall–Kier alpha value is -0.810. The van der Waals surface area contributed by atoms with Crippen molar-refractivity contribution >= 4 is 39.1 Å². The molecule has 0 atom stereocenters. The molecule has 1 aliphatic carbocycles. The van der Waals surface area contributed by atoms with Gasteiger partial charge in [0.15, 0.2) is 0 Å². The molecule has 3 rings (SSSR count). The topological polar surface area (TPSA) is 37.8 Å². The number of nitrogens with one attached hydrogen (secondary N) is 1. The van der Waals surface area contributed by atoms with E-state index in [1.165, 1.54) is 47.3 Å². The number of nitrogens with zero attached hydrogens (tertiary/aromatic N) is 2. The Morgan fingerprint density at radius 3 is 2.71 bits per heavy atom. The quantitative estimate of drug-likeness (QED) is 0.860. The minimum atomic E-state index is 0.925. The number of hydrogen-bond acceptors (Lipinski definition) is 5. The molecule has 2 aromatic heterocycles. The van der Waals surface area contributed by atoms with Gasteiger partial charge in [0.05, 0.1) is 11.1 Å². The zero-order valence-electron chi connectivity index (χ0n) is 13.0. The number of aromatic nitrogens is 2. The molecule has 0 saturated heterocycles. The van der Waals surface area contributed by atoms with Crippen LogP contribution >= 0.6 is 23.1 Å². The number of rotatable bonds is 5. The Bertz CT molecular complexity index is 630. The molecule has 0 unspecified atom stereocenters. The fourth-order valence-electron chi connectivity index (χ4n) is 3.03. The molecule has 1 fully saturated rings. The molecule has 114 valence electrons. The van der Waals surface area contributed by atoms with Gasteiger partial charge in [0.2, 0.25) is 0 Å². The third-order valence-electron chi connectivity index (χ3n) is 4.37. The van der Waals surface area contributed by atoms with Gasteiger partial charge < -0.3 is 5.32 Å². The fraction of sp³-hybridized carbons (Fsp3) is 0.625. The summed E-state index contributed by atoms with van der Waals surface area (Å²) in [5, 5.41) is 4.44. The van der Waals surface area contributed by atoms with E-state index in [0.29, 0.717) is 0 Å². The summed E-state index contributed by atoms with van der Waals surface area (Å²) in [5.41, 5.74) is 1.31. The third kappa shape index (κ3) is 3.19. The van der Waals surface area contributed by atoms with Gasteiger partial charge in [-0.3, -0.25) is 0 Å². The van der Waals surface area contributed by atoms with Crippen molar-refractivity contribution in [3.8, 4) is 0 Å². The largest absolute Gasteiger partial charge is 0.372 e. The van der Waals surface area contributed by atoms with Crippen LogP contribution < -0.4 is 5.32 Å². The SMILES string of the molecule is CNc1nc(CSCC2CCCC2)nc2sc(C)c(C)c12. The molecule has 0 aliphatic heterocycles. The maximum absolute atomic E-state index is 4.78. The summed E-state index contributed by atoms with van der Waals surface area (Å²) in [6.07, 6.45) is 5.67.